The van der Waals surface area contributed by atoms with E-state index in [-0.39, 0.29) is 46.1 Å². The van der Waals surface area contributed by atoms with E-state index in [0.717, 1.165) is 12.1 Å². The zero-order valence-electron chi connectivity index (χ0n) is 14.8. The Morgan fingerprint density at radius 2 is 1.63 bits per heavy atom. The van der Waals surface area contributed by atoms with E-state index in [9.17, 15) is 26.7 Å². The van der Waals surface area contributed by atoms with E-state index in [1.54, 1.807) is 0 Å². The summed E-state index contributed by atoms with van der Waals surface area (Å²) in [5.74, 6) is -2.48. The second-order valence-electron chi connectivity index (χ2n) is 6.19. The van der Waals surface area contributed by atoms with Crippen LogP contribution < -0.4 is 10.6 Å². The van der Waals surface area contributed by atoms with Crippen LogP contribution in [0, 0.1) is 11.6 Å². The summed E-state index contributed by atoms with van der Waals surface area (Å²) in [6.07, 6.45) is 0. The largest absolute Gasteiger partial charge is 0.446 e. The number of rotatable bonds is 4. The highest BCUT2D eigenvalue weighted by atomic mass is 32.2. The van der Waals surface area contributed by atoms with E-state index in [2.05, 4.69) is 20.6 Å². The number of aromatic nitrogens is 2. The van der Waals surface area contributed by atoms with Crippen LogP contribution in [0.1, 0.15) is 16.1 Å². The van der Waals surface area contributed by atoms with Crippen LogP contribution in [0.4, 0.5) is 33.5 Å². The molecule has 0 radical (unpaired) electrons. The average Bonchev–Trinajstić information content (AvgIpc) is 3.03. The minimum Gasteiger partial charge on any atom is -0.346 e. The summed E-state index contributed by atoms with van der Waals surface area (Å²) in [6.45, 7) is 0.0512. The highest BCUT2D eigenvalue weighted by molar-refractivity contribution is 8.00. The Morgan fingerprint density at radius 1 is 0.967 bits per heavy atom. The van der Waals surface area contributed by atoms with E-state index in [1.807, 2.05) is 0 Å². The molecule has 0 aliphatic carbocycles. The lowest BCUT2D eigenvalue weighted by Gasteiger charge is -2.12. The normalized spacial score (nSPS) is 13.2. The van der Waals surface area contributed by atoms with Gasteiger partial charge in [0.15, 0.2) is 5.82 Å². The first-order valence-corrected chi connectivity index (χ1v) is 9.29. The van der Waals surface area contributed by atoms with Crippen LogP contribution in [0.25, 0.3) is 11.4 Å². The van der Waals surface area contributed by atoms with Gasteiger partial charge in [0.2, 0.25) is 0 Å². The fraction of sp³-hybridized carbons (Fsp3) is 0.105. The Hall–Kier alpha value is -3.21. The molecule has 2 aromatic carbocycles. The number of carbonyl (C=O) groups is 1. The second kappa shape index (κ2) is 7.56. The number of alkyl halides is 3. The molecule has 0 bridgehead atoms. The molecule has 30 heavy (non-hydrogen) atoms. The van der Waals surface area contributed by atoms with Crippen LogP contribution >= 0.6 is 11.8 Å². The van der Waals surface area contributed by atoms with Crippen molar-refractivity contribution < 1.29 is 26.7 Å². The highest BCUT2D eigenvalue weighted by Crippen LogP contribution is 2.37. The molecule has 11 heteroatoms. The summed E-state index contributed by atoms with van der Waals surface area (Å²) in [6, 6.07) is 8.56. The lowest BCUT2D eigenvalue weighted by Crippen LogP contribution is -2.14. The van der Waals surface area contributed by atoms with Gasteiger partial charge in [-0.15, -0.1) is 0 Å². The van der Waals surface area contributed by atoms with Crippen molar-refractivity contribution in [3.63, 3.8) is 0 Å². The molecule has 0 fully saturated rings. The van der Waals surface area contributed by atoms with Crippen molar-refractivity contribution in [3.05, 3.63) is 65.4 Å². The first-order chi connectivity index (χ1) is 14.2. The van der Waals surface area contributed by atoms with E-state index >= 15 is 0 Å². The number of benzene rings is 2. The van der Waals surface area contributed by atoms with Crippen LogP contribution in [0.5, 0.6) is 0 Å². The van der Waals surface area contributed by atoms with Crippen LogP contribution in [0.3, 0.4) is 0 Å². The van der Waals surface area contributed by atoms with Crippen molar-refractivity contribution in [2.24, 2.45) is 0 Å². The summed E-state index contributed by atoms with van der Waals surface area (Å²) in [5, 5.41) is 5.38. The highest BCUT2D eigenvalue weighted by Gasteiger charge is 2.30. The first-order valence-electron chi connectivity index (χ1n) is 8.47. The second-order valence-corrected chi connectivity index (χ2v) is 7.33. The SMILES string of the molecule is O=C1NCc2nc(-c3c(F)cccc3F)nc(Nc3ccc(SC(F)(F)F)cc3)c21. The van der Waals surface area contributed by atoms with Crippen LogP contribution in [0.2, 0.25) is 0 Å². The number of nitrogens with one attached hydrogen (secondary N) is 2. The fourth-order valence-electron chi connectivity index (χ4n) is 2.92. The van der Waals surface area contributed by atoms with Gasteiger partial charge in [-0.05, 0) is 48.2 Å². The average molecular weight is 438 g/mol. The molecule has 1 aliphatic heterocycles. The van der Waals surface area contributed by atoms with Crippen molar-refractivity contribution in [1.29, 1.82) is 0 Å². The quantitative estimate of drug-likeness (QED) is 0.442. The Balaban J connectivity index is 1.73. The summed E-state index contributed by atoms with van der Waals surface area (Å²) >= 11 is -0.262. The minimum absolute atomic E-state index is 0.0103. The van der Waals surface area contributed by atoms with Crippen molar-refractivity contribution in [2.45, 2.75) is 16.9 Å². The minimum atomic E-state index is -4.42. The van der Waals surface area contributed by atoms with Gasteiger partial charge in [-0.3, -0.25) is 4.79 Å². The van der Waals surface area contributed by atoms with Crippen molar-refractivity contribution in [3.8, 4) is 11.4 Å². The number of thioether (sulfide) groups is 1. The third-order valence-corrected chi connectivity index (χ3v) is 4.90. The number of amides is 1. The number of hydrogen-bond donors (Lipinski definition) is 2. The Bertz CT molecular complexity index is 1110. The Labute approximate surface area is 170 Å². The van der Waals surface area contributed by atoms with E-state index in [0.29, 0.717) is 5.69 Å². The van der Waals surface area contributed by atoms with Gasteiger partial charge in [0.25, 0.3) is 5.91 Å². The van der Waals surface area contributed by atoms with Gasteiger partial charge in [-0.2, -0.15) is 13.2 Å². The lowest BCUT2D eigenvalue weighted by atomic mass is 10.1. The zero-order valence-corrected chi connectivity index (χ0v) is 15.7. The zero-order chi connectivity index (χ0) is 21.5. The smallest absolute Gasteiger partial charge is 0.346 e. The Kier molecular flexibility index (Phi) is 5.06. The summed E-state index contributed by atoms with van der Waals surface area (Å²) < 4.78 is 65.8. The summed E-state index contributed by atoms with van der Waals surface area (Å²) in [7, 11) is 0. The monoisotopic (exact) mass is 438 g/mol. The maximum Gasteiger partial charge on any atom is 0.446 e. The van der Waals surface area contributed by atoms with Gasteiger partial charge in [0.05, 0.1) is 17.8 Å². The van der Waals surface area contributed by atoms with Crippen LogP contribution in [-0.4, -0.2) is 21.4 Å². The summed E-state index contributed by atoms with van der Waals surface area (Å²) in [5.41, 5.74) is -4.18. The van der Waals surface area contributed by atoms with Gasteiger partial charge in [0.1, 0.15) is 23.0 Å². The van der Waals surface area contributed by atoms with Gasteiger partial charge in [-0.25, -0.2) is 18.7 Å². The number of hydrogen-bond acceptors (Lipinski definition) is 5. The molecule has 2 heterocycles. The molecule has 5 nitrogen and oxygen atoms in total. The molecule has 154 valence electrons. The predicted molar refractivity (Wildman–Crippen MR) is 100 cm³/mol. The van der Waals surface area contributed by atoms with Crippen molar-refractivity contribution >= 4 is 29.2 Å². The standard InChI is InChI=1S/C19H11F5N4OS/c20-11-2-1-3-12(21)14(11)16-27-13-8-25-18(29)15(13)17(28-16)26-9-4-6-10(7-5-9)30-19(22,23)24/h1-7H,8H2,(H,25,29)(H,26,27,28). The van der Waals surface area contributed by atoms with E-state index in [4.69, 9.17) is 0 Å². The molecule has 3 aromatic rings. The van der Waals surface area contributed by atoms with Gasteiger partial charge in [-0.1, -0.05) is 6.07 Å². The van der Waals surface area contributed by atoms with Crippen molar-refractivity contribution in [2.75, 3.05) is 5.32 Å². The molecule has 0 unspecified atom stereocenters. The maximum atomic E-state index is 14.2. The van der Waals surface area contributed by atoms with Gasteiger partial charge < -0.3 is 10.6 Å². The molecule has 1 amide bonds. The molecule has 0 atom stereocenters. The van der Waals surface area contributed by atoms with Gasteiger partial charge >= 0.3 is 5.51 Å². The summed E-state index contributed by atoms with van der Waals surface area (Å²) in [4.78, 5) is 20.4. The van der Waals surface area contributed by atoms with E-state index < -0.39 is 28.6 Å². The first kappa shape index (κ1) is 20.1. The molecule has 0 spiro atoms. The van der Waals surface area contributed by atoms with Crippen LogP contribution in [-0.2, 0) is 6.54 Å². The third-order valence-electron chi connectivity index (χ3n) is 4.16. The number of nitrogens with zero attached hydrogens (tertiary/aromatic N) is 2. The van der Waals surface area contributed by atoms with Gasteiger partial charge in [0, 0.05) is 10.6 Å². The lowest BCUT2D eigenvalue weighted by molar-refractivity contribution is -0.0328. The molecular weight excluding hydrogens is 427 g/mol. The molecule has 2 N–H and O–H groups in total. The van der Waals surface area contributed by atoms with Crippen LogP contribution in [0.15, 0.2) is 47.4 Å². The fourth-order valence-corrected chi connectivity index (χ4v) is 3.46. The number of fused-ring (bicyclic) bond motifs is 1. The van der Waals surface area contributed by atoms with E-state index in [1.165, 1.54) is 30.3 Å². The molecule has 1 aromatic heterocycles. The maximum absolute atomic E-state index is 14.2. The number of halogens is 5. The Morgan fingerprint density at radius 3 is 2.27 bits per heavy atom. The number of anilines is 2. The topological polar surface area (TPSA) is 66.9 Å². The third kappa shape index (κ3) is 4.06. The predicted octanol–water partition coefficient (Wildman–Crippen LogP) is 5.02. The molecular formula is C19H11F5N4OS. The molecule has 0 saturated carbocycles. The van der Waals surface area contributed by atoms with Crippen molar-refractivity contribution in [1.82, 2.24) is 15.3 Å². The molecule has 1 aliphatic rings. The number of carbonyl (C=O) groups excluding carboxylic acids is 1. The molecule has 0 saturated heterocycles. The molecule has 4 rings (SSSR count).